The number of ether oxygens (including phenoxy) is 5. The first-order valence-electron chi connectivity index (χ1n) is 13.5. The second-order valence-corrected chi connectivity index (χ2v) is 10.5. The lowest BCUT2D eigenvalue weighted by Gasteiger charge is -2.26. The third kappa shape index (κ3) is 5.39. The van der Waals surface area contributed by atoms with E-state index in [9.17, 15) is 14.4 Å². The number of carbonyl (C=O) groups excluding carboxylic acids is 2. The molecule has 0 bridgehead atoms. The average molecular weight is 619 g/mol. The van der Waals surface area contributed by atoms with Crippen LogP contribution in [0.15, 0.2) is 74.0 Å². The summed E-state index contributed by atoms with van der Waals surface area (Å²) < 4.78 is 34.7. The number of thiazole rings is 1. The molecule has 3 heterocycles. The van der Waals surface area contributed by atoms with Crippen molar-refractivity contribution in [1.82, 2.24) is 4.57 Å². The fraction of sp³-hybridized carbons (Fsp3) is 0.250. The molecule has 12 heteroatoms. The van der Waals surface area contributed by atoms with Gasteiger partial charge in [0.2, 0.25) is 5.75 Å². The van der Waals surface area contributed by atoms with Gasteiger partial charge in [-0.25, -0.2) is 14.6 Å². The maximum Gasteiger partial charge on any atom is 0.338 e. The Hall–Kier alpha value is -5.10. The molecule has 2 aromatic carbocycles. The van der Waals surface area contributed by atoms with E-state index < -0.39 is 23.5 Å². The quantitative estimate of drug-likeness (QED) is 0.257. The van der Waals surface area contributed by atoms with E-state index >= 15 is 0 Å². The van der Waals surface area contributed by atoms with Crippen LogP contribution in [-0.4, -0.2) is 51.6 Å². The van der Waals surface area contributed by atoms with Gasteiger partial charge in [0, 0.05) is 11.6 Å². The van der Waals surface area contributed by atoms with Gasteiger partial charge < -0.3 is 28.1 Å². The fourth-order valence-corrected chi connectivity index (χ4v) is 6.08. The number of carbonyl (C=O) groups is 2. The molecule has 0 N–H and O–H groups in total. The monoisotopic (exact) mass is 618 g/mol. The van der Waals surface area contributed by atoms with Crippen molar-refractivity contribution in [1.29, 1.82) is 0 Å². The molecule has 2 aromatic heterocycles. The maximum atomic E-state index is 14.0. The highest BCUT2D eigenvalue weighted by atomic mass is 32.1. The highest BCUT2D eigenvalue weighted by Gasteiger charge is 2.34. The van der Waals surface area contributed by atoms with E-state index in [1.165, 1.54) is 33.0 Å². The number of methoxy groups -OCH3 is 4. The average Bonchev–Trinajstić information content (AvgIpc) is 3.62. The van der Waals surface area contributed by atoms with Crippen LogP contribution in [0.3, 0.4) is 0 Å². The van der Waals surface area contributed by atoms with Crippen molar-refractivity contribution < 1.29 is 37.7 Å². The number of fused-ring (bicyclic) bond motifs is 1. The summed E-state index contributed by atoms with van der Waals surface area (Å²) in [5.74, 6) is 0.811. The Morgan fingerprint density at radius 3 is 2.34 bits per heavy atom. The summed E-state index contributed by atoms with van der Waals surface area (Å²) in [7, 11) is 5.78. The first-order valence-corrected chi connectivity index (χ1v) is 14.3. The molecule has 1 atom stereocenters. The molecule has 0 saturated carbocycles. The van der Waals surface area contributed by atoms with Gasteiger partial charge in [-0.15, -0.1) is 0 Å². The minimum absolute atomic E-state index is 0.141. The van der Waals surface area contributed by atoms with Crippen molar-refractivity contribution in [2.75, 3.05) is 35.0 Å². The van der Waals surface area contributed by atoms with Crippen molar-refractivity contribution in [3.63, 3.8) is 0 Å². The Morgan fingerprint density at radius 2 is 1.70 bits per heavy atom. The molecule has 0 unspecified atom stereocenters. The Kier molecular flexibility index (Phi) is 8.72. The Bertz CT molecular complexity index is 1940. The van der Waals surface area contributed by atoms with Crippen LogP contribution in [0.2, 0.25) is 0 Å². The molecule has 0 amide bonds. The molecular weight excluding hydrogens is 588 g/mol. The summed E-state index contributed by atoms with van der Waals surface area (Å²) >= 11 is 1.15. The standard InChI is InChI=1S/C32H30N2O9S/c1-7-42-31(37)26-17(2)33-32-34(27(26)18-14-23(38-3)28(40-5)24(15-18)39-4)29(35)25(44-32)16-19-12-13-22(43-19)20-10-8-9-11-21(20)30(36)41-6/h8-16,27H,7H2,1-6H3/t27-/m0/s1. The molecular formula is C32H30N2O9S. The number of nitrogens with zero attached hydrogens (tertiary/aromatic N) is 2. The van der Waals surface area contributed by atoms with Gasteiger partial charge in [0.05, 0.1) is 62.5 Å². The Balaban J connectivity index is 1.68. The normalized spacial score (nSPS) is 14.5. The molecule has 1 aliphatic heterocycles. The number of furan rings is 1. The Labute approximate surface area is 256 Å². The van der Waals surface area contributed by atoms with E-state index in [4.69, 9.17) is 28.1 Å². The zero-order valence-corrected chi connectivity index (χ0v) is 25.8. The summed E-state index contributed by atoms with van der Waals surface area (Å²) in [6, 6.07) is 12.8. The highest BCUT2D eigenvalue weighted by molar-refractivity contribution is 7.07. The van der Waals surface area contributed by atoms with Gasteiger partial charge in [-0.2, -0.15) is 0 Å². The topological polar surface area (TPSA) is 128 Å². The second-order valence-electron chi connectivity index (χ2n) is 9.50. The third-order valence-electron chi connectivity index (χ3n) is 7.02. The fourth-order valence-electron chi connectivity index (χ4n) is 5.06. The molecule has 11 nitrogen and oxygen atoms in total. The van der Waals surface area contributed by atoms with Crippen molar-refractivity contribution in [3.8, 4) is 28.6 Å². The lowest BCUT2D eigenvalue weighted by molar-refractivity contribution is -0.139. The van der Waals surface area contributed by atoms with Crippen LogP contribution in [0.5, 0.6) is 17.2 Å². The van der Waals surface area contributed by atoms with Gasteiger partial charge in [0.25, 0.3) is 5.56 Å². The van der Waals surface area contributed by atoms with Crippen molar-refractivity contribution >= 4 is 29.4 Å². The SMILES string of the molecule is CCOC(=O)C1=C(C)N=c2sc(=Cc3ccc(-c4ccccc4C(=O)OC)o3)c(=O)n2[C@H]1c1cc(OC)c(OC)c(OC)c1. The number of hydrogen-bond acceptors (Lipinski definition) is 11. The van der Waals surface area contributed by atoms with E-state index in [2.05, 4.69) is 4.99 Å². The summed E-state index contributed by atoms with van der Waals surface area (Å²) in [6.45, 7) is 3.55. The molecule has 0 spiro atoms. The number of hydrogen-bond donors (Lipinski definition) is 0. The number of rotatable bonds is 9. The largest absolute Gasteiger partial charge is 0.493 e. The van der Waals surface area contributed by atoms with E-state index in [1.54, 1.807) is 68.5 Å². The molecule has 4 aromatic rings. The van der Waals surface area contributed by atoms with Crippen LogP contribution in [-0.2, 0) is 14.3 Å². The summed E-state index contributed by atoms with van der Waals surface area (Å²) in [6.07, 6.45) is 1.60. The molecule has 5 rings (SSSR count). The molecule has 1 aliphatic rings. The van der Waals surface area contributed by atoms with Gasteiger partial charge in [0.1, 0.15) is 11.5 Å². The predicted octanol–water partition coefficient (Wildman–Crippen LogP) is 3.87. The molecule has 0 saturated heterocycles. The molecule has 0 aliphatic carbocycles. The number of benzene rings is 2. The van der Waals surface area contributed by atoms with Gasteiger partial charge in [-0.05, 0) is 49.7 Å². The maximum absolute atomic E-state index is 14.0. The van der Waals surface area contributed by atoms with Gasteiger partial charge in [-0.1, -0.05) is 29.5 Å². The van der Waals surface area contributed by atoms with Crippen molar-refractivity contribution in [3.05, 3.63) is 96.4 Å². The van der Waals surface area contributed by atoms with Crippen LogP contribution >= 0.6 is 11.3 Å². The minimum Gasteiger partial charge on any atom is -0.493 e. The molecule has 0 radical (unpaired) electrons. The Morgan fingerprint density at radius 1 is 1.00 bits per heavy atom. The second kappa shape index (κ2) is 12.6. The van der Waals surface area contributed by atoms with Crippen molar-refractivity contribution in [2.24, 2.45) is 4.99 Å². The molecule has 44 heavy (non-hydrogen) atoms. The summed E-state index contributed by atoms with van der Waals surface area (Å²) in [5, 5.41) is 0. The smallest absolute Gasteiger partial charge is 0.338 e. The van der Waals surface area contributed by atoms with Gasteiger partial charge in [0.15, 0.2) is 16.3 Å². The lowest BCUT2D eigenvalue weighted by atomic mass is 9.95. The number of allylic oxidation sites excluding steroid dienone is 1. The van der Waals surface area contributed by atoms with Crippen molar-refractivity contribution in [2.45, 2.75) is 19.9 Å². The molecule has 228 valence electrons. The van der Waals surface area contributed by atoms with Crippen LogP contribution in [0, 0.1) is 0 Å². The first kappa shape index (κ1) is 30.4. The van der Waals surface area contributed by atoms with Crippen LogP contribution < -0.4 is 29.1 Å². The minimum atomic E-state index is -0.903. The number of aromatic nitrogens is 1. The van der Waals surface area contributed by atoms with Crippen LogP contribution in [0.1, 0.15) is 41.6 Å². The predicted molar refractivity (Wildman–Crippen MR) is 162 cm³/mol. The first-order chi connectivity index (χ1) is 21.3. The highest BCUT2D eigenvalue weighted by Crippen LogP contribution is 2.42. The zero-order valence-electron chi connectivity index (χ0n) is 25.0. The van der Waals surface area contributed by atoms with Crippen LogP contribution in [0.4, 0.5) is 0 Å². The van der Waals surface area contributed by atoms with E-state index in [1.807, 2.05) is 0 Å². The van der Waals surface area contributed by atoms with Gasteiger partial charge >= 0.3 is 11.9 Å². The zero-order chi connectivity index (χ0) is 31.5. The van der Waals surface area contributed by atoms with Crippen LogP contribution in [0.25, 0.3) is 17.4 Å². The molecule has 0 fully saturated rings. The third-order valence-corrected chi connectivity index (χ3v) is 8.00. The number of esters is 2. The summed E-state index contributed by atoms with van der Waals surface area (Å²) in [4.78, 5) is 44.6. The van der Waals surface area contributed by atoms with E-state index in [-0.39, 0.29) is 12.2 Å². The van der Waals surface area contributed by atoms with E-state index in [0.29, 0.717) is 60.5 Å². The summed E-state index contributed by atoms with van der Waals surface area (Å²) in [5.41, 5.74) is 1.66. The van der Waals surface area contributed by atoms with E-state index in [0.717, 1.165) is 11.3 Å². The lowest BCUT2D eigenvalue weighted by Crippen LogP contribution is -2.40. The van der Waals surface area contributed by atoms with Gasteiger partial charge in [-0.3, -0.25) is 9.36 Å².